The van der Waals surface area contributed by atoms with Gasteiger partial charge in [-0.15, -0.1) is 11.3 Å². The largest absolute Gasteiger partial charge is 0.411 e. The number of primary amides is 1. The van der Waals surface area contributed by atoms with Gasteiger partial charge in [-0.3, -0.25) is 9.59 Å². The van der Waals surface area contributed by atoms with E-state index in [1.54, 1.807) is 0 Å². The quantitative estimate of drug-likeness (QED) is 0.543. The molecule has 0 bridgehead atoms. The number of hydrogen-bond donors (Lipinski definition) is 3. The molecule has 1 amide bonds. The number of carbonyl (C=O) groups is 2. The van der Waals surface area contributed by atoms with E-state index in [2.05, 4.69) is 5.16 Å². The fourth-order valence-corrected chi connectivity index (χ4v) is 5.15. The Kier molecular flexibility index (Phi) is 3.05. The third kappa shape index (κ3) is 1.73. The van der Waals surface area contributed by atoms with Gasteiger partial charge in [-0.1, -0.05) is 29.4 Å². The van der Waals surface area contributed by atoms with Gasteiger partial charge < -0.3 is 16.7 Å². The van der Waals surface area contributed by atoms with Crippen LogP contribution in [0.1, 0.15) is 49.6 Å². The van der Waals surface area contributed by atoms with Gasteiger partial charge in [0, 0.05) is 12.0 Å². The van der Waals surface area contributed by atoms with Crippen molar-refractivity contribution in [1.82, 2.24) is 0 Å². The summed E-state index contributed by atoms with van der Waals surface area (Å²) in [5, 5.41) is 13.0. The van der Waals surface area contributed by atoms with Crippen molar-refractivity contribution in [3.8, 4) is 0 Å². The summed E-state index contributed by atoms with van der Waals surface area (Å²) in [7, 11) is 0. The molecule has 5 N–H and O–H groups in total. The molecule has 1 aromatic heterocycles. The van der Waals surface area contributed by atoms with Crippen LogP contribution in [0.2, 0.25) is 0 Å². The predicted octanol–water partition coefficient (Wildman–Crippen LogP) is 2.08. The minimum atomic E-state index is -0.753. The molecule has 0 saturated carbocycles. The highest BCUT2D eigenvalue weighted by Gasteiger charge is 2.51. The summed E-state index contributed by atoms with van der Waals surface area (Å²) in [6.07, 6.45) is 1.43. The lowest BCUT2D eigenvalue weighted by Crippen LogP contribution is -2.38. The van der Waals surface area contributed by atoms with E-state index < -0.39 is 11.3 Å². The van der Waals surface area contributed by atoms with E-state index >= 15 is 0 Å². The van der Waals surface area contributed by atoms with Gasteiger partial charge in [-0.2, -0.15) is 0 Å². The van der Waals surface area contributed by atoms with Gasteiger partial charge in [0.25, 0.3) is 5.91 Å². The molecule has 2 aromatic rings. The number of Topliss-reactive ketones (excluding diaryl/α,β-unsaturated/α-hetero) is 1. The molecule has 24 heavy (non-hydrogen) atoms. The third-order valence-electron chi connectivity index (χ3n) is 5.07. The number of ketones is 1. The number of nitrogens with two attached hydrogens (primary N) is 2. The molecule has 0 saturated heterocycles. The normalized spacial score (nSPS) is 23.5. The molecule has 2 aliphatic rings. The monoisotopic (exact) mass is 341 g/mol. The molecule has 4 rings (SSSR count). The van der Waals surface area contributed by atoms with E-state index in [4.69, 9.17) is 11.5 Å². The Bertz CT molecular complexity index is 931. The topological polar surface area (TPSA) is 119 Å². The number of thiophene rings is 1. The lowest BCUT2D eigenvalue weighted by atomic mass is 9.69. The Morgan fingerprint density at radius 3 is 2.79 bits per heavy atom. The fourth-order valence-electron chi connectivity index (χ4n) is 3.99. The second-order valence-electron chi connectivity index (χ2n) is 6.19. The van der Waals surface area contributed by atoms with Crippen molar-refractivity contribution in [3.05, 3.63) is 51.4 Å². The zero-order valence-electron chi connectivity index (χ0n) is 12.7. The van der Waals surface area contributed by atoms with E-state index in [-0.39, 0.29) is 11.3 Å². The first-order chi connectivity index (χ1) is 11.5. The fraction of sp³-hybridized carbons (Fsp3) is 0.235. The zero-order chi connectivity index (χ0) is 17.1. The van der Waals surface area contributed by atoms with Crippen LogP contribution < -0.4 is 11.5 Å². The second-order valence-corrected chi connectivity index (χ2v) is 7.25. The molecular formula is C17H15N3O3S. The molecule has 6 nitrogen and oxygen atoms in total. The Morgan fingerprint density at radius 2 is 2.08 bits per heavy atom. The summed E-state index contributed by atoms with van der Waals surface area (Å²) < 4.78 is 0. The molecule has 1 atom stereocenters. The van der Waals surface area contributed by atoms with Gasteiger partial charge >= 0.3 is 0 Å². The average Bonchev–Trinajstić information content (AvgIpc) is 3.07. The van der Waals surface area contributed by atoms with E-state index in [0.717, 1.165) is 22.5 Å². The molecule has 1 spiro atoms. The summed E-state index contributed by atoms with van der Waals surface area (Å²) >= 11 is 1.12. The number of nitrogens with zero attached hydrogens (tertiary/aromatic N) is 1. The average molecular weight is 341 g/mol. The number of hydrogen-bond acceptors (Lipinski definition) is 6. The summed E-state index contributed by atoms with van der Waals surface area (Å²) in [4.78, 5) is 25.5. The van der Waals surface area contributed by atoms with Crippen LogP contribution in [0.15, 0.2) is 29.4 Å². The van der Waals surface area contributed by atoms with Crippen LogP contribution in [-0.4, -0.2) is 22.6 Å². The van der Waals surface area contributed by atoms with Gasteiger partial charge in [0.1, 0.15) is 0 Å². The van der Waals surface area contributed by atoms with Crippen molar-refractivity contribution >= 4 is 33.7 Å². The minimum Gasteiger partial charge on any atom is -0.411 e. The number of oxime groups is 1. The summed E-state index contributed by atoms with van der Waals surface area (Å²) in [5.74, 6) is -0.669. The van der Waals surface area contributed by atoms with Crippen LogP contribution in [0.4, 0.5) is 5.00 Å². The highest BCUT2D eigenvalue weighted by Crippen LogP contribution is 2.50. The maximum absolute atomic E-state index is 13.3. The van der Waals surface area contributed by atoms with Gasteiger partial charge in [-0.25, -0.2) is 0 Å². The number of anilines is 1. The molecule has 1 aromatic carbocycles. The molecule has 0 radical (unpaired) electrons. The van der Waals surface area contributed by atoms with Crippen LogP contribution in [0.5, 0.6) is 0 Å². The Balaban J connectivity index is 1.91. The molecule has 1 unspecified atom stereocenters. The van der Waals surface area contributed by atoms with Crippen molar-refractivity contribution in [1.29, 1.82) is 0 Å². The van der Waals surface area contributed by atoms with Crippen molar-refractivity contribution in [2.45, 2.75) is 24.7 Å². The summed E-state index contributed by atoms with van der Waals surface area (Å²) in [6, 6.07) is 7.50. The first kappa shape index (κ1) is 14.9. The second kappa shape index (κ2) is 4.91. The van der Waals surface area contributed by atoms with Crippen LogP contribution >= 0.6 is 11.3 Å². The van der Waals surface area contributed by atoms with Crippen molar-refractivity contribution in [3.63, 3.8) is 0 Å². The molecule has 0 fully saturated rings. The first-order valence-corrected chi connectivity index (χ1v) is 8.38. The van der Waals surface area contributed by atoms with Crippen LogP contribution in [0.3, 0.4) is 0 Å². The number of carbonyl (C=O) groups excluding carboxylic acids is 2. The molecule has 7 heteroatoms. The Morgan fingerprint density at radius 1 is 1.33 bits per heavy atom. The molecule has 2 aliphatic carbocycles. The highest BCUT2D eigenvalue weighted by molar-refractivity contribution is 7.18. The maximum atomic E-state index is 13.3. The molecule has 0 aliphatic heterocycles. The third-order valence-corrected chi connectivity index (χ3v) is 6.13. The first-order valence-electron chi connectivity index (χ1n) is 7.56. The number of fused-ring (bicyclic) bond motifs is 3. The Hall–Kier alpha value is -2.67. The van der Waals surface area contributed by atoms with Crippen LogP contribution in [0, 0.1) is 0 Å². The van der Waals surface area contributed by atoms with Crippen molar-refractivity contribution in [2.75, 3.05) is 5.73 Å². The number of rotatable bonds is 1. The van der Waals surface area contributed by atoms with E-state index in [0.29, 0.717) is 40.4 Å². The van der Waals surface area contributed by atoms with E-state index in [9.17, 15) is 14.8 Å². The minimum absolute atomic E-state index is 0.0703. The van der Waals surface area contributed by atoms with Crippen molar-refractivity contribution < 1.29 is 14.8 Å². The summed E-state index contributed by atoms with van der Waals surface area (Å²) in [6.45, 7) is 0. The van der Waals surface area contributed by atoms with Gasteiger partial charge in [0.15, 0.2) is 5.78 Å². The van der Waals surface area contributed by atoms with Gasteiger partial charge in [-0.05, 0) is 24.0 Å². The predicted molar refractivity (Wildman–Crippen MR) is 91.0 cm³/mol. The van der Waals surface area contributed by atoms with Gasteiger partial charge in [0.05, 0.1) is 26.6 Å². The lowest BCUT2D eigenvalue weighted by Gasteiger charge is -2.32. The molecule has 122 valence electrons. The summed E-state index contributed by atoms with van der Waals surface area (Å²) in [5.41, 5.74) is 13.7. The van der Waals surface area contributed by atoms with Crippen LogP contribution in [0.25, 0.3) is 0 Å². The van der Waals surface area contributed by atoms with Crippen molar-refractivity contribution in [2.24, 2.45) is 10.9 Å². The SMILES string of the molecule is NC(=O)c1c(N)sc2c1CCC1(CC(=NO)c3ccccc31)C2=O. The molecule has 1 heterocycles. The highest BCUT2D eigenvalue weighted by atomic mass is 32.1. The Labute approximate surface area is 141 Å². The lowest BCUT2D eigenvalue weighted by molar-refractivity contribution is 0.0874. The molecular weight excluding hydrogens is 326 g/mol. The smallest absolute Gasteiger partial charge is 0.251 e. The maximum Gasteiger partial charge on any atom is 0.251 e. The number of nitrogen functional groups attached to an aromatic ring is 1. The van der Waals surface area contributed by atoms with Gasteiger partial charge in [0.2, 0.25) is 0 Å². The van der Waals surface area contributed by atoms with Crippen LogP contribution in [-0.2, 0) is 11.8 Å². The van der Waals surface area contributed by atoms with E-state index in [1.807, 2.05) is 24.3 Å². The number of amides is 1. The standard InChI is InChI=1S/C17H15N3O3S/c18-15(22)12-9-5-6-17(14(21)13(9)24-16(12)19)7-11(20-23)8-3-1-2-4-10(8)17/h1-4,23H,5-7,19H2,(H2,18,22). The van der Waals surface area contributed by atoms with E-state index in [1.165, 1.54) is 0 Å². The zero-order valence-corrected chi connectivity index (χ0v) is 13.5. The number of benzene rings is 1.